The Kier molecular flexibility index (Phi) is 3.46. The first-order chi connectivity index (χ1) is 8.79. The van der Waals surface area contributed by atoms with Gasteiger partial charge in [0.1, 0.15) is 11.3 Å². The number of imidazole rings is 1. The monoisotopic (exact) mass is 284 g/mol. The summed E-state index contributed by atoms with van der Waals surface area (Å²) in [7, 11) is 0. The van der Waals surface area contributed by atoms with Crippen molar-refractivity contribution in [3.63, 3.8) is 0 Å². The Labute approximate surface area is 116 Å². The van der Waals surface area contributed by atoms with E-state index in [1.54, 1.807) is 0 Å². The highest BCUT2D eigenvalue weighted by Crippen LogP contribution is 2.26. The summed E-state index contributed by atoms with van der Waals surface area (Å²) in [4.78, 5) is 4.52. The molecule has 1 atom stereocenters. The number of aromatic nitrogens is 2. The molecule has 18 heavy (non-hydrogen) atoms. The van der Waals surface area contributed by atoms with Crippen LogP contribution >= 0.6 is 23.2 Å². The van der Waals surface area contributed by atoms with Gasteiger partial charge < -0.3 is 9.30 Å². The highest BCUT2D eigenvalue weighted by molar-refractivity contribution is 6.35. The molecule has 0 aliphatic carbocycles. The maximum absolute atomic E-state index is 6.17. The third-order valence-corrected chi connectivity index (χ3v) is 3.88. The zero-order chi connectivity index (χ0) is 12.5. The summed E-state index contributed by atoms with van der Waals surface area (Å²) in [5, 5.41) is 0.671. The molecular formula is C13H14Cl2N2O. The largest absolute Gasteiger partial charge is 0.376 e. The summed E-state index contributed by atoms with van der Waals surface area (Å²) in [5.74, 6) is 1.24. The van der Waals surface area contributed by atoms with Crippen LogP contribution in [-0.2, 0) is 17.2 Å². The van der Waals surface area contributed by atoms with Crippen molar-refractivity contribution in [3.8, 4) is 0 Å². The van der Waals surface area contributed by atoms with Crippen molar-refractivity contribution >= 4 is 34.2 Å². The summed E-state index contributed by atoms with van der Waals surface area (Å²) in [5.41, 5.74) is 1.86. The lowest BCUT2D eigenvalue weighted by Crippen LogP contribution is -2.16. The fraction of sp³-hybridized carbons (Fsp3) is 0.462. The summed E-state index contributed by atoms with van der Waals surface area (Å²) < 4.78 is 7.81. The lowest BCUT2D eigenvalue weighted by molar-refractivity contribution is 0.0974. The number of alkyl halides is 1. The van der Waals surface area contributed by atoms with Crippen LogP contribution in [0.1, 0.15) is 18.7 Å². The van der Waals surface area contributed by atoms with E-state index in [-0.39, 0.29) is 6.10 Å². The van der Waals surface area contributed by atoms with Crippen LogP contribution in [0.25, 0.3) is 11.0 Å². The molecule has 1 fully saturated rings. The van der Waals surface area contributed by atoms with Gasteiger partial charge in [0.15, 0.2) is 0 Å². The minimum absolute atomic E-state index is 0.267. The fourth-order valence-electron chi connectivity index (χ4n) is 2.46. The molecule has 1 unspecified atom stereocenters. The lowest BCUT2D eigenvalue weighted by atomic mass is 10.2. The number of fused-ring (bicyclic) bond motifs is 1. The van der Waals surface area contributed by atoms with Crippen LogP contribution in [-0.4, -0.2) is 22.3 Å². The molecule has 1 aromatic heterocycles. The van der Waals surface area contributed by atoms with E-state index in [0.717, 1.165) is 42.9 Å². The number of hydrogen-bond donors (Lipinski definition) is 0. The van der Waals surface area contributed by atoms with Gasteiger partial charge >= 0.3 is 0 Å². The van der Waals surface area contributed by atoms with Crippen LogP contribution in [0.4, 0.5) is 0 Å². The zero-order valence-corrected chi connectivity index (χ0v) is 11.4. The molecule has 3 rings (SSSR count). The maximum atomic E-state index is 6.17. The Morgan fingerprint density at radius 3 is 3.06 bits per heavy atom. The van der Waals surface area contributed by atoms with Crippen molar-refractivity contribution in [2.75, 3.05) is 6.61 Å². The molecule has 96 valence electrons. The Hall–Kier alpha value is -0.770. The quantitative estimate of drug-likeness (QED) is 0.805. The molecule has 1 aromatic carbocycles. The Morgan fingerprint density at radius 2 is 2.33 bits per heavy atom. The molecule has 0 N–H and O–H groups in total. The van der Waals surface area contributed by atoms with E-state index in [4.69, 9.17) is 27.9 Å². The van der Waals surface area contributed by atoms with E-state index in [1.807, 2.05) is 18.2 Å². The van der Waals surface area contributed by atoms with E-state index >= 15 is 0 Å². The van der Waals surface area contributed by atoms with Gasteiger partial charge in [-0.2, -0.15) is 0 Å². The minimum atomic E-state index is 0.267. The number of rotatable bonds is 3. The highest BCUT2D eigenvalue weighted by Gasteiger charge is 2.20. The van der Waals surface area contributed by atoms with E-state index in [2.05, 4.69) is 9.55 Å². The average molecular weight is 285 g/mol. The number of ether oxygens (including phenoxy) is 1. The van der Waals surface area contributed by atoms with Gasteiger partial charge in [-0.1, -0.05) is 17.7 Å². The summed E-state index contributed by atoms with van der Waals surface area (Å²) >= 11 is 12.1. The number of halogens is 2. The first kappa shape index (κ1) is 12.3. The van der Waals surface area contributed by atoms with Crippen molar-refractivity contribution < 1.29 is 4.74 Å². The Morgan fingerprint density at radius 1 is 1.44 bits per heavy atom. The molecule has 3 nitrogen and oxygen atoms in total. The Balaban J connectivity index is 2.04. The molecule has 1 saturated heterocycles. The van der Waals surface area contributed by atoms with E-state index in [0.29, 0.717) is 10.9 Å². The standard InChI is InChI=1S/C13H14Cl2N2O/c14-7-12-16-13-10(15)4-1-5-11(13)17(12)8-9-3-2-6-18-9/h1,4-5,9H,2-3,6-8H2. The van der Waals surface area contributed by atoms with Gasteiger partial charge in [-0.05, 0) is 25.0 Å². The van der Waals surface area contributed by atoms with Gasteiger partial charge in [0.2, 0.25) is 0 Å². The summed E-state index contributed by atoms with van der Waals surface area (Å²) in [6.07, 6.45) is 2.50. The topological polar surface area (TPSA) is 27.1 Å². The van der Waals surface area contributed by atoms with Crippen LogP contribution in [0.15, 0.2) is 18.2 Å². The Bertz CT molecular complexity index is 561. The van der Waals surface area contributed by atoms with Crippen LogP contribution in [0.5, 0.6) is 0 Å². The van der Waals surface area contributed by atoms with Crippen molar-refractivity contribution in [2.24, 2.45) is 0 Å². The highest BCUT2D eigenvalue weighted by atomic mass is 35.5. The van der Waals surface area contributed by atoms with E-state index in [1.165, 1.54) is 0 Å². The summed E-state index contributed by atoms with van der Waals surface area (Å²) in [6, 6.07) is 5.82. The van der Waals surface area contributed by atoms with Crippen molar-refractivity contribution in [3.05, 3.63) is 29.0 Å². The van der Waals surface area contributed by atoms with Gasteiger partial charge in [0.05, 0.1) is 29.1 Å². The lowest BCUT2D eigenvalue weighted by Gasteiger charge is -2.13. The predicted octanol–water partition coefficient (Wildman–Crippen LogP) is 3.61. The van der Waals surface area contributed by atoms with Gasteiger partial charge in [-0.15, -0.1) is 11.6 Å². The number of nitrogens with zero attached hydrogens (tertiary/aromatic N) is 2. The minimum Gasteiger partial charge on any atom is -0.376 e. The molecule has 0 saturated carbocycles. The van der Waals surface area contributed by atoms with Gasteiger partial charge in [-0.25, -0.2) is 4.98 Å². The second-order valence-corrected chi connectivity index (χ2v) is 5.19. The van der Waals surface area contributed by atoms with Crippen LogP contribution in [0, 0.1) is 0 Å². The molecule has 0 radical (unpaired) electrons. The van der Waals surface area contributed by atoms with Gasteiger partial charge in [0.25, 0.3) is 0 Å². The molecule has 0 amide bonds. The molecule has 1 aliphatic heterocycles. The SMILES string of the molecule is ClCc1nc2c(Cl)cccc2n1CC1CCCO1. The third-order valence-electron chi connectivity index (χ3n) is 3.34. The molecule has 5 heteroatoms. The molecule has 2 aromatic rings. The molecule has 2 heterocycles. The fourth-order valence-corrected chi connectivity index (χ4v) is 2.87. The molecule has 0 spiro atoms. The smallest absolute Gasteiger partial charge is 0.124 e. The van der Waals surface area contributed by atoms with Crippen molar-refractivity contribution in [1.82, 2.24) is 9.55 Å². The second kappa shape index (κ2) is 5.08. The summed E-state index contributed by atoms with van der Waals surface area (Å²) in [6.45, 7) is 1.66. The first-order valence-corrected chi connectivity index (χ1v) is 7.02. The van der Waals surface area contributed by atoms with E-state index < -0.39 is 0 Å². The molecular weight excluding hydrogens is 271 g/mol. The zero-order valence-electron chi connectivity index (χ0n) is 9.90. The van der Waals surface area contributed by atoms with Gasteiger partial charge in [0, 0.05) is 6.61 Å². The number of benzene rings is 1. The number of hydrogen-bond acceptors (Lipinski definition) is 2. The second-order valence-electron chi connectivity index (χ2n) is 4.51. The normalized spacial score (nSPS) is 19.8. The molecule has 0 bridgehead atoms. The third kappa shape index (κ3) is 2.11. The van der Waals surface area contributed by atoms with Crippen molar-refractivity contribution in [1.29, 1.82) is 0 Å². The number of para-hydroxylation sites is 1. The van der Waals surface area contributed by atoms with E-state index in [9.17, 15) is 0 Å². The van der Waals surface area contributed by atoms with Crippen LogP contribution < -0.4 is 0 Å². The van der Waals surface area contributed by atoms with Gasteiger partial charge in [-0.3, -0.25) is 0 Å². The molecule has 1 aliphatic rings. The van der Waals surface area contributed by atoms with Crippen LogP contribution in [0.2, 0.25) is 5.02 Å². The van der Waals surface area contributed by atoms with Crippen LogP contribution in [0.3, 0.4) is 0 Å². The van der Waals surface area contributed by atoms with Crippen molar-refractivity contribution in [2.45, 2.75) is 31.4 Å². The first-order valence-electron chi connectivity index (χ1n) is 6.11. The average Bonchev–Trinajstić information content (AvgIpc) is 2.99. The predicted molar refractivity (Wildman–Crippen MR) is 73.3 cm³/mol. The maximum Gasteiger partial charge on any atom is 0.124 e.